The zero-order valence-electron chi connectivity index (χ0n) is 17.0. The average molecular weight is 429 g/mol. The molecule has 7 heteroatoms. The van der Waals surface area contributed by atoms with Gasteiger partial charge in [0.2, 0.25) is 17.7 Å². The van der Waals surface area contributed by atoms with Crippen molar-refractivity contribution in [3.8, 4) is 0 Å². The Balaban J connectivity index is 1.67. The summed E-state index contributed by atoms with van der Waals surface area (Å²) in [7, 11) is 1.67. The van der Waals surface area contributed by atoms with Gasteiger partial charge in [-0.2, -0.15) is 0 Å². The molecule has 0 radical (unpaired) electrons. The van der Waals surface area contributed by atoms with Gasteiger partial charge in [0.1, 0.15) is 5.76 Å². The van der Waals surface area contributed by atoms with Crippen LogP contribution in [-0.2, 0) is 26.3 Å². The standard InChI is InChI=1S/C23H25ClN2O4/c1-25(15-17-9-6-12-30-17)20(27)13-23(18-10-4-5-11-19(18)24)14-21(28)26(22(23)29)16-7-2-3-8-16/h4-6,9-12,16H,2-3,7-8,13-15H2,1H3/t23-/m0/s1. The highest BCUT2D eigenvalue weighted by molar-refractivity contribution is 6.32. The number of benzene rings is 1. The molecule has 4 rings (SSSR count). The first kappa shape index (κ1) is 20.7. The van der Waals surface area contributed by atoms with E-state index in [4.69, 9.17) is 16.0 Å². The molecule has 1 aromatic carbocycles. The quantitative estimate of drug-likeness (QED) is 0.654. The van der Waals surface area contributed by atoms with Crippen molar-refractivity contribution in [1.82, 2.24) is 9.80 Å². The Morgan fingerprint density at radius 3 is 2.60 bits per heavy atom. The lowest BCUT2D eigenvalue weighted by atomic mass is 9.75. The number of carbonyl (C=O) groups excluding carboxylic acids is 3. The molecule has 2 aliphatic rings. The highest BCUT2D eigenvalue weighted by atomic mass is 35.5. The lowest BCUT2D eigenvalue weighted by Gasteiger charge is -2.31. The smallest absolute Gasteiger partial charge is 0.241 e. The van der Waals surface area contributed by atoms with Crippen molar-refractivity contribution in [2.75, 3.05) is 7.05 Å². The Morgan fingerprint density at radius 1 is 1.20 bits per heavy atom. The first-order valence-corrected chi connectivity index (χ1v) is 10.7. The Morgan fingerprint density at radius 2 is 1.93 bits per heavy atom. The number of rotatable bonds is 6. The van der Waals surface area contributed by atoms with Gasteiger partial charge in [-0.15, -0.1) is 0 Å². The van der Waals surface area contributed by atoms with Crippen LogP contribution in [0.25, 0.3) is 0 Å². The molecule has 158 valence electrons. The number of amides is 3. The summed E-state index contributed by atoms with van der Waals surface area (Å²) >= 11 is 6.47. The number of hydrogen-bond donors (Lipinski definition) is 0. The molecular formula is C23H25ClN2O4. The second-order valence-electron chi connectivity index (χ2n) is 8.25. The largest absolute Gasteiger partial charge is 0.467 e. The topological polar surface area (TPSA) is 70.8 Å². The van der Waals surface area contributed by atoms with Gasteiger partial charge in [0.15, 0.2) is 0 Å². The maximum Gasteiger partial charge on any atom is 0.241 e. The summed E-state index contributed by atoms with van der Waals surface area (Å²) in [4.78, 5) is 42.8. The molecule has 30 heavy (non-hydrogen) atoms. The molecule has 6 nitrogen and oxygen atoms in total. The summed E-state index contributed by atoms with van der Waals surface area (Å²) in [5, 5.41) is 0.397. The van der Waals surface area contributed by atoms with Crippen LogP contribution in [0.5, 0.6) is 0 Å². The van der Waals surface area contributed by atoms with Crippen molar-refractivity contribution in [1.29, 1.82) is 0 Å². The highest BCUT2D eigenvalue weighted by Crippen LogP contribution is 2.45. The third-order valence-electron chi connectivity index (χ3n) is 6.28. The Labute approximate surface area is 180 Å². The molecule has 0 N–H and O–H groups in total. The van der Waals surface area contributed by atoms with Gasteiger partial charge in [-0.3, -0.25) is 19.3 Å². The van der Waals surface area contributed by atoms with Crippen LogP contribution >= 0.6 is 11.6 Å². The zero-order chi connectivity index (χ0) is 21.3. The summed E-state index contributed by atoms with van der Waals surface area (Å²) in [5.74, 6) is -0.0969. The van der Waals surface area contributed by atoms with E-state index in [1.54, 1.807) is 49.7 Å². The van der Waals surface area contributed by atoms with Gasteiger partial charge in [-0.1, -0.05) is 42.6 Å². The molecule has 1 aromatic heterocycles. The molecule has 0 spiro atoms. The normalized spacial score (nSPS) is 22.1. The van der Waals surface area contributed by atoms with Crippen LogP contribution in [-0.4, -0.2) is 40.6 Å². The van der Waals surface area contributed by atoms with Crippen LogP contribution < -0.4 is 0 Å². The van der Waals surface area contributed by atoms with Crippen molar-refractivity contribution < 1.29 is 18.8 Å². The summed E-state index contributed by atoms with van der Waals surface area (Å²) < 4.78 is 5.33. The number of carbonyl (C=O) groups is 3. The molecule has 3 amide bonds. The van der Waals surface area contributed by atoms with E-state index in [9.17, 15) is 14.4 Å². The van der Waals surface area contributed by atoms with E-state index in [2.05, 4.69) is 0 Å². The van der Waals surface area contributed by atoms with Gasteiger partial charge in [0.05, 0.1) is 18.2 Å². The summed E-state index contributed by atoms with van der Waals surface area (Å²) in [5.41, 5.74) is -0.725. The molecule has 1 atom stereocenters. The lowest BCUT2D eigenvalue weighted by molar-refractivity contribution is -0.144. The highest BCUT2D eigenvalue weighted by Gasteiger charge is 2.56. The summed E-state index contributed by atoms with van der Waals surface area (Å²) in [6, 6.07) is 10.5. The third-order valence-corrected chi connectivity index (χ3v) is 6.61. The van der Waals surface area contributed by atoms with Crippen molar-refractivity contribution in [3.05, 3.63) is 59.0 Å². The average Bonchev–Trinajstić information content (AvgIpc) is 3.45. The maximum atomic E-state index is 13.7. The van der Waals surface area contributed by atoms with Gasteiger partial charge in [0.25, 0.3) is 0 Å². The summed E-state index contributed by atoms with van der Waals surface area (Å²) in [6.45, 7) is 0.291. The molecule has 1 aliphatic carbocycles. The molecule has 2 fully saturated rings. The van der Waals surface area contributed by atoms with Gasteiger partial charge in [0, 0.05) is 31.0 Å². The van der Waals surface area contributed by atoms with Crippen LogP contribution in [0.4, 0.5) is 0 Å². The number of furan rings is 1. The van der Waals surface area contributed by atoms with Crippen LogP contribution in [0.2, 0.25) is 5.02 Å². The van der Waals surface area contributed by atoms with Gasteiger partial charge < -0.3 is 9.32 Å². The first-order chi connectivity index (χ1) is 14.4. The minimum atomic E-state index is -1.27. The predicted molar refractivity (Wildman–Crippen MR) is 112 cm³/mol. The number of likely N-dealkylation sites (tertiary alicyclic amines) is 1. The fourth-order valence-electron chi connectivity index (χ4n) is 4.71. The van der Waals surface area contributed by atoms with E-state index in [-0.39, 0.29) is 36.6 Å². The molecule has 1 saturated carbocycles. The van der Waals surface area contributed by atoms with Gasteiger partial charge in [-0.05, 0) is 36.6 Å². The summed E-state index contributed by atoms with van der Waals surface area (Å²) in [6.07, 6.45) is 5.06. The van der Waals surface area contributed by atoms with E-state index in [1.807, 2.05) is 0 Å². The van der Waals surface area contributed by atoms with Crippen molar-refractivity contribution in [2.24, 2.45) is 0 Å². The van der Waals surface area contributed by atoms with Crippen LogP contribution in [0.15, 0.2) is 47.1 Å². The number of halogens is 1. The fourth-order valence-corrected chi connectivity index (χ4v) is 5.02. The minimum absolute atomic E-state index is 0.0353. The SMILES string of the molecule is CN(Cc1ccco1)C(=O)C[C@@]1(c2ccccc2Cl)CC(=O)N(C2CCCC2)C1=O. The number of imide groups is 1. The van der Waals surface area contributed by atoms with Crippen LogP contribution in [0, 0.1) is 0 Å². The first-order valence-electron chi connectivity index (χ1n) is 10.3. The van der Waals surface area contributed by atoms with E-state index in [0.29, 0.717) is 22.9 Å². The van der Waals surface area contributed by atoms with Crippen molar-refractivity contribution in [2.45, 2.75) is 56.5 Å². The Bertz CT molecular complexity index is 952. The molecule has 2 aromatic rings. The molecular weight excluding hydrogens is 404 g/mol. The molecule has 1 aliphatic heterocycles. The Hall–Kier alpha value is -2.60. The van der Waals surface area contributed by atoms with E-state index in [0.717, 1.165) is 25.7 Å². The minimum Gasteiger partial charge on any atom is -0.467 e. The molecule has 1 saturated heterocycles. The van der Waals surface area contributed by atoms with Crippen molar-refractivity contribution in [3.63, 3.8) is 0 Å². The van der Waals surface area contributed by atoms with Crippen LogP contribution in [0.3, 0.4) is 0 Å². The second kappa shape index (κ2) is 8.26. The van der Waals surface area contributed by atoms with Crippen LogP contribution in [0.1, 0.15) is 49.8 Å². The maximum absolute atomic E-state index is 13.7. The monoisotopic (exact) mass is 428 g/mol. The van der Waals surface area contributed by atoms with E-state index >= 15 is 0 Å². The molecule has 2 heterocycles. The molecule has 0 bridgehead atoms. The predicted octanol–water partition coefficient (Wildman–Crippen LogP) is 3.92. The zero-order valence-corrected chi connectivity index (χ0v) is 17.7. The Kier molecular flexibility index (Phi) is 5.69. The van der Waals surface area contributed by atoms with E-state index < -0.39 is 5.41 Å². The number of hydrogen-bond acceptors (Lipinski definition) is 4. The fraction of sp³-hybridized carbons (Fsp3) is 0.435. The third kappa shape index (κ3) is 3.65. The number of nitrogens with zero attached hydrogens (tertiary/aromatic N) is 2. The van der Waals surface area contributed by atoms with E-state index in [1.165, 1.54) is 9.80 Å². The lowest BCUT2D eigenvalue weighted by Crippen LogP contribution is -2.45. The molecule has 0 unspecified atom stereocenters. The van der Waals surface area contributed by atoms with Gasteiger partial charge in [-0.25, -0.2) is 0 Å². The van der Waals surface area contributed by atoms with Crippen molar-refractivity contribution >= 4 is 29.3 Å². The van der Waals surface area contributed by atoms with Gasteiger partial charge >= 0.3 is 0 Å². The second-order valence-corrected chi connectivity index (χ2v) is 8.66.